The average molecular weight is 723 g/mol. The zero-order valence-corrected chi connectivity index (χ0v) is 31.2. The molecule has 1 aliphatic rings. The zero-order valence-electron chi connectivity index (χ0n) is 31.2. The minimum Gasteiger partial charge on any atom is -0.490 e. The van der Waals surface area contributed by atoms with Gasteiger partial charge in [-0.15, -0.1) is 0 Å². The fourth-order valence-electron chi connectivity index (χ4n) is 6.85. The predicted octanol–water partition coefficient (Wildman–Crippen LogP) is 8.62. The molecule has 0 atom stereocenters. The lowest BCUT2D eigenvalue weighted by molar-refractivity contribution is -0.130. The van der Waals surface area contributed by atoms with E-state index < -0.39 is 17.4 Å². The van der Waals surface area contributed by atoms with Crippen LogP contribution in [0.15, 0.2) is 86.0 Å². The summed E-state index contributed by atoms with van der Waals surface area (Å²) in [5.74, 6) is 0.204. The summed E-state index contributed by atoms with van der Waals surface area (Å²) in [7, 11) is 0. The summed E-state index contributed by atoms with van der Waals surface area (Å²) in [5.41, 5.74) is 3.63. The van der Waals surface area contributed by atoms with Crippen LogP contribution in [0.2, 0.25) is 0 Å². The Morgan fingerprint density at radius 2 is 0.830 bits per heavy atom. The van der Waals surface area contributed by atoms with Crippen LogP contribution in [0.3, 0.4) is 0 Å². The molecule has 0 saturated carbocycles. The van der Waals surface area contributed by atoms with E-state index in [-0.39, 0.29) is 74.1 Å². The summed E-state index contributed by atoms with van der Waals surface area (Å²) >= 11 is 0. The highest BCUT2D eigenvalue weighted by Gasteiger charge is 2.52. The Bertz CT molecular complexity index is 1850. The minimum absolute atomic E-state index is 0.0576. The number of carbonyl (C=O) groups is 2. The third kappa shape index (κ3) is 6.89. The second-order valence-electron chi connectivity index (χ2n) is 11.5. The highest BCUT2D eigenvalue weighted by Crippen LogP contribution is 2.65. The molecule has 10 heteroatoms. The first kappa shape index (κ1) is 38.3. The molecule has 0 spiro atoms. The molecule has 0 amide bonds. The summed E-state index contributed by atoms with van der Waals surface area (Å²) in [6.45, 7) is 19.6. The first-order valence-corrected chi connectivity index (χ1v) is 17.9. The molecule has 278 valence electrons. The Hall–Kier alpha value is -5.90. The monoisotopic (exact) mass is 722 g/mol. The molecule has 4 aromatic rings. The number of hydrogen-bond acceptors (Lipinski definition) is 10. The van der Waals surface area contributed by atoms with Crippen molar-refractivity contribution in [3.8, 4) is 57.1 Å². The summed E-state index contributed by atoms with van der Waals surface area (Å²) in [6.07, 6.45) is 2.15. The van der Waals surface area contributed by atoms with Crippen LogP contribution in [0.1, 0.15) is 63.8 Å². The molecule has 0 aliphatic heterocycles. The van der Waals surface area contributed by atoms with Gasteiger partial charge < -0.3 is 37.9 Å². The van der Waals surface area contributed by atoms with Gasteiger partial charge in [-0.2, -0.15) is 0 Å². The number of ether oxygens (including phenoxy) is 8. The van der Waals surface area contributed by atoms with E-state index in [0.29, 0.717) is 22.6 Å². The van der Waals surface area contributed by atoms with E-state index in [1.54, 1.807) is 0 Å². The van der Waals surface area contributed by atoms with Crippen LogP contribution in [0, 0.1) is 0 Å². The first-order chi connectivity index (χ1) is 25.8. The van der Waals surface area contributed by atoms with Crippen LogP contribution in [-0.2, 0) is 15.0 Å². The van der Waals surface area contributed by atoms with Crippen molar-refractivity contribution in [3.63, 3.8) is 0 Å². The second kappa shape index (κ2) is 17.1. The van der Waals surface area contributed by atoms with E-state index in [2.05, 4.69) is 37.4 Å². The number of esters is 2. The second-order valence-corrected chi connectivity index (χ2v) is 11.5. The zero-order chi connectivity index (χ0) is 38.1. The minimum atomic E-state index is -1.25. The molecule has 1 aliphatic carbocycles. The van der Waals surface area contributed by atoms with Gasteiger partial charge in [0.05, 0.1) is 45.1 Å². The molecule has 5 rings (SSSR count). The molecule has 0 heterocycles. The Morgan fingerprint density at radius 1 is 0.491 bits per heavy atom. The molecule has 0 aromatic heterocycles. The molecule has 4 aromatic carbocycles. The van der Waals surface area contributed by atoms with Crippen molar-refractivity contribution in [2.24, 2.45) is 0 Å². The fraction of sp³-hybridized carbons (Fsp3) is 0.302. The smallest absolute Gasteiger partial charge is 0.335 e. The molecule has 0 bridgehead atoms. The van der Waals surface area contributed by atoms with Crippen molar-refractivity contribution < 1.29 is 47.5 Å². The predicted molar refractivity (Wildman–Crippen MR) is 202 cm³/mol. The summed E-state index contributed by atoms with van der Waals surface area (Å²) < 4.78 is 49.9. The maximum absolute atomic E-state index is 12.8. The quantitative estimate of drug-likeness (QED) is 0.0496. The van der Waals surface area contributed by atoms with Crippen molar-refractivity contribution in [1.29, 1.82) is 0 Å². The molecule has 0 fully saturated rings. The van der Waals surface area contributed by atoms with Gasteiger partial charge >= 0.3 is 11.9 Å². The standard InChI is InChI=1S/C43H46O10/c1-9-35(44)52-39-33(46-11-3)25-31(37(48-13-5)41(39)50-15-7)43(29-23-19-17-21-27(29)28-22-18-20-24-30(28)43)32-26-34(47-12-4)40(53-36(45)10-2)42(51-16-8)38(32)49-14-6/h9-10,17-26H,1-2,11-16H2,3-8H3. The van der Waals surface area contributed by atoms with E-state index in [1.807, 2.05) is 77.9 Å². The Balaban J connectivity index is 2.11. The van der Waals surface area contributed by atoms with E-state index >= 15 is 0 Å². The Kier molecular flexibility index (Phi) is 12.4. The van der Waals surface area contributed by atoms with Gasteiger partial charge in [0.1, 0.15) is 0 Å². The van der Waals surface area contributed by atoms with Gasteiger partial charge in [-0.3, -0.25) is 0 Å². The molecule has 10 nitrogen and oxygen atoms in total. The van der Waals surface area contributed by atoms with Crippen LogP contribution >= 0.6 is 0 Å². The van der Waals surface area contributed by atoms with E-state index in [1.165, 1.54) is 0 Å². The van der Waals surface area contributed by atoms with Crippen molar-refractivity contribution in [2.75, 3.05) is 39.6 Å². The van der Waals surface area contributed by atoms with Gasteiger partial charge in [-0.1, -0.05) is 61.7 Å². The van der Waals surface area contributed by atoms with E-state index in [4.69, 9.17) is 37.9 Å². The highest BCUT2D eigenvalue weighted by atomic mass is 16.6. The topological polar surface area (TPSA) is 108 Å². The summed E-state index contributed by atoms with van der Waals surface area (Å²) in [5, 5.41) is 0. The molecule has 0 unspecified atom stereocenters. The highest BCUT2D eigenvalue weighted by molar-refractivity contribution is 5.91. The van der Waals surface area contributed by atoms with Gasteiger partial charge in [0.15, 0.2) is 23.0 Å². The number of fused-ring (bicyclic) bond motifs is 3. The summed E-state index contributed by atoms with van der Waals surface area (Å²) in [4.78, 5) is 25.6. The van der Waals surface area contributed by atoms with Gasteiger partial charge in [-0.05, 0) is 75.9 Å². The van der Waals surface area contributed by atoms with Crippen molar-refractivity contribution in [3.05, 3.63) is 108 Å². The molecule has 53 heavy (non-hydrogen) atoms. The van der Waals surface area contributed by atoms with E-state index in [0.717, 1.165) is 34.4 Å². The molecular weight excluding hydrogens is 676 g/mol. The van der Waals surface area contributed by atoms with Gasteiger partial charge in [0, 0.05) is 23.3 Å². The molecular formula is C43H46O10. The lowest BCUT2D eigenvalue weighted by Gasteiger charge is -2.37. The molecule has 0 N–H and O–H groups in total. The van der Waals surface area contributed by atoms with Crippen LogP contribution in [0.25, 0.3) is 11.1 Å². The lowest BCUT2D eigenvalue weighted by Crippen LogP contribution is -2.31. The van der Waals surface area contributed by atoms with Crippen LogP contribution in [0.4, 0.5) is 0 Å². The summed E-state index contributed by atoms with van der Waals surface area (Å²) in [6, 6.07) is 19.8. The number of benzene rings is 4. The molecule has 0 saturated heterocycles. The maximum Gasteiger partial charge on any atom is 0.335 e. The first-order valence-electron chi connectivity index (χ1n) is 17.9. The number of carbonyl (C=O) groups excluding carboxylic acids is 2. The number of hydrogen-bond donors (Lipinski definition) is 0. The third-order valence-corrected chi connectivity index (χ3v) is 8.57. The normalized spacial score (nSPS) is 12.1. The Morgan fingerprint density at radius 3 is 1.17 bits per heavy atom. The largest absolute Gasteiger partial charge is 0.490 e. The fourth-order valence-corrected chi connectivity index (χ4v) is 6.85. The van der Waals surface area contributed by atoms with Crippen LogP contribution in [-0.4, -0.2) is 51.6 Å². The van der Waals surface area contributed by atoms with E-state index in [9.17, 15) is 9.59 Å². The van der Waals surface area contributed by atoms with Crippen LogP contribution < -0.4 is 37.9 Å². The SMILES string of the molecule is C=CC(=O)Oc1c(OCC)cc(C2(c3cc(OCC)c(OC(=O)C=C)c(OCC)c3OCC)c3ccccc3-c3ccccc32)c(OCC)c1OCC. The lowest BCUT2D eigenvalue weighted by atomic mass is 9.66. The van der Waals surface area contributed by atoms with Gasteiger partial charge in [0.2, 0.25) is 23.0 Å². The van der Waals surface area contributed by atoms with Crippen molar-refractivity contribution in [1.82, 2.24) is 0 Å². The Labute approximate surface area is 310 Å². The van der Waals surface area contributed by atoms with Crippen LogP contribution in [0.5, 0.6) is 46.0 Å². The van der Waals surface area contributed by atoms with Crippen molar-refractivity contribution >= 4 is 11.9 Å². The van der Waals surface area contributed by atoms with Gasteiger partial charge in [-0.25, -0.2) is 9.59 Å². The van der Waals surface area contributed by atoms with Gasteiger partial charge in [0.25, 0.3) is 0 Å². The third-order valence-electron chi connectivity index (χ3n) is 8.57. The number of rotatable bonds is 18. The molecule has 0 radical (unpaired) electrons. The average Bonchev–Trinajstić information content (AvgIpc) is 3.46. The maximum atomic E-state index is 12.8. The van der Waals surface area contributed by atoms with Crippen molar-refractivity contribution in [2.45, 2.75) is 47.0 Å².